The van der Waals surface area contributed by atoms with Crippen molar-refractivity contribution in [2.24, 2.45) is 0 Å². The number of pyridine rings is 1. The van der Waals surface area contributed by atoms with Gasteiger partial charge in [-0.2, -0.15) is 0 Å². The molecule has 0 fully saturated rings. The third-order valence-electron chi connectivity index (χ3n) is 6.03. The third kappa shape index (κ3) is 1.51. The van der Waals surface area contributed by atoms with Gasteiger partial charge in [0, 0.05) is 22.6 Å². The number of hydrogen-bond donors (Lipinski definition) is 0. The molecule has 0 bridgehead atoms. The molecule has 1 aromatic heterocycles. The zero-order valence-electron chi connectivity index (χ0n) is 14.8. The van der Waals surface area contributed by atoms with Crippen molar-refractivity contribution in [3.05, 3.63) is 84.1 Å². The number of benzene rings is 3. The van der Waals surface area contributed by atoms with Gasteiger partial charge in [-0.1, -0.05) is 62.4 Å². The van der Waals surface area contributed by atoms with Crippen LogP contribution in [0, 0.1) is 0 Å². The van der Waals surface area contributed by atoms with Crippen molar-refractivity contribution >= 4 is 28.0 Å². The Balaban J connectivity index is 1.87. The van der Waals surface area contributed by atoms with E-state index >= 15 is 0 Å². The molecular weight excluding hydrogens is 316 g/mol. The standard InChI is InChI=1S/C24H18N2/c1-24(2)17-9-3-4-12-20(17)26-21-13-14-25-19-11-6-7-15(22(19)21)16-8-5-10-18(24)23(16)26/h3-14H,1-2H3. The maximum absolute atomic E-state index is 4.62. The van der Waals surface area contributed by atoms with E-state index in [1.807, 2.05) is 6.20 Å². The first-order valence-electron chi connectivity index (χ1n) is 9.09. The van der Waals surface area contributed by atoms with Gasteiger partial charge in [0.1, 0.15) is 0 Å². The lowest BCUT2D eigenvalue weighted by atomic mass is 9.71. The Bertz CT molecular complexity index is 1210. The third-order valence-corrected chi connectivity index (χ3v) is 6.03. The van der Waals surface area contributed by atoms with Crippen LogP contribution >= 0.6 is 0 Å². The molecule has 3 aromatic carbocycles. The van der Waals surface area contributed by atoms with E-state index in [0.717, 1.165) is 5.52 Å². The van der Waals surface area contributed by atoms with Gasteiger partial charge in [0.2, 0.25) is 0 Å². The lowest BCUT2D eigenvalue weighted by molar-refractivity contribution is 0.632. The molecule has 124 valence electrons. The predicted molar refractivity (Wildman–Crippen MR) is 108 cm³/mol. The number of rotatable bonds is 0. The zero-order chi connectivity index (χ0) is 17.5. The fraction of sp³-hybridized carbons (Fsp3) is 0.125. The average Bonchev–Trinajstić information content (AvgIpc) is 2.68. The molecule has 0 N–H and O–H groups in total. The van der Waals surface area contributed by atoms with Crippen LogP contribution in [0.3, 0.4) is 0 Å². The second-order valence-corrected chi connectivity index (χ2v) is 7.71. The maximum Gasteiger partial charge on any atom is 0.0729 e. The van der Waals surface area contributed by atoms with E-state index in [0.29, 0.717) is 0 Å². The highest BCUT2D eigenvalue weighted by atomic mass is 15.2. The predicted octanol–water partition coefficient (Wildman–Crippen LogP) is 6.32. The second-order valence-electron chi connectivity index (χ2n) is 7.71. The van der Waals surface area contributed by atoms with Gasteiger partial charge in [-0.05, 0) is 34.9 Å². The highest BCUT2D eigenvalue weighted by Gasteiger charge is 2.40. The van der Waals surface area contributed by atoms with Gasteiger partial charge in [-0.3, -0.25) is 4.98 Å². The van der Waals surface area contributed by atoms with Crippen molar-refractivity contribution in [3.63, 3.8) is 0 Å². The van der Waals surface area contributed by atoms with Crippen molar-refractivity contribution in [1.82, 2.24) is 4.98 Å². The van der Waals surface area contributed by atoms with Gasteiger partial charge in [-0.25, -0.2) is 0 Å². The van der Waals surface area contributed by atoms with Crippen LogP contribution in [-0.2, 0) is 5.41 Å². The summed E-state index contributed by atoms with van der Waals surface area (Å²) < 4.78 is 0. The highest BCUT2D eigenvalue weighted by Crippen LogP contribution is 2.58. The number of nitrogens with zero attached hydrogens (tertiary/aromatic N) is 2. The summed E-state index contributed by atoms with van der Waals surface area (Å²) >= 11 is 0. The first-order chi connectivity index (χ1) is 12.7. The van der Waals surface area contributed by atoms with E-state index in [2.05, 4.69) is 90.5 Å². The molecule has 2 aliphatic rings. The fourth-order valence-corrected chi connectivity index (χ4v) is 4.82. The van der Waals surface area contributed by atoms with Crippen LogP contribution in [0.4, 0.5) is 17.1 Å². The van der Waals surface area contributed by atoms with E-state index in [9.17, 15) is 0 Å². The molecule has 0 amide bonds. The summed E-state index contributed by atoms with van der Waals surface area (Å²) in [5.41, 5.74) is 10.2. The van der Waals surface area contributed by atoms with Gasteiger partial charge in [0.05, 0.1) is 22.6 Å². The zero-order valence-corrected chi connectivity index (χ0v) is 14.8. The summed E-state index contributed by atoms with van der Waals surface area (Å²) in [6.07, 6.45) is 1.93. The molecule has 3 heterocycles. The molecule has 0 atom stereocenters. The molecule has 0 aliphatic carbocycles. The molecule has 0 unspecified atom stereocenters. The normalized spacial score (nSPS) is 15.5. The molecule has 0 saturated carbocycles. The first-order valence-corrected chi connectivity index (χ1v) is 9.09. The monoisotopic (exact) mass is 334 g/mol. The van der Waals surface area contributed by atoms with Crippen molar-refractivity contribution in [3.8, 4) is 11.1 Å². The lowest BCUT2D eigenvalue weighted by Gasteiger charge is -2.45. The van der Waals surface area contributed by atoms with E-state index in [4.69, 9.17) is 0 Å². The topological polar surface area (TPSA) is 16.1 Å². The van der Waals surface area contributed by atoms with E-state index < -0.39 is 0 Å². The average molecular weight is 334 g/mol. The van der Waals surface area contributed by atoms with Crippen molar-refractivity contribution in [2.45, 2.75) is 19.3 Å². The summed E-state index contributed by atoms with van der Waals surface area (Å²) in [7, 11) is 0. The van der Waals surface area contributed by atoms with Gasteiger partial charge in [0.25, 0.3) is 0 Å². The van der Waals surface area contributed by atoms with Crippen molar-refractivity contribution < 1.29 is 0 Å². The van der Waals surface area contributed by atoms with Crippen molar-refractivity contribution in [1.29, 1.82) is 0 Å². The summed E-state index contributed by atoms with van der Waals surface area (Å²) in [6, 6.07) is 24.1. The minimum absolute atomic E-state index is 0.0309. The molecular formula is C24H18N2. The van der Waals surface area contributed by atoms with Crippen LogP contribution in [-0.4, -0.2) is 4.98 Å². The number of para-hydroxylation sites is 2. The van der Waals surface area contributed by atoms with E-state index in [-0.39, 0.29) is 5.41 Å². The Morgan fingerprint density at radius 3 is 2.42 bits per heavy atom. The van der Waals surface area contributed by atoms with E-state index in [1.165, 1.54) is 44.7 Å². The van der Waals surface area contributed by atoms with E-state index in [1.54, 1.807) is 0 Å². The van der Waals surface area contributed by atoms with Gasteiger partial charge in [-0.15, -0.1) is 0 Å². The number of hydrogen-bond acceptors (Lipinski definition) is 2. The second kappa shape index (κ2) is 4.53. The largest absolute Gasteiger partial charge is 0.308 e. The molecule has 2 heteroatoms. The highest BCUT2D eigenvalue weighted by molar-refractivity contribution is 6.14. The Morgan fingerprint density at radius 1 is 0.731 bits per heavy atom. The fourth-order valence-electron chi connectivity index (χ4n) is 4.82. The van der Waals surface area contributed by atoms with Gasteiger partial charge >= 0.3 is 0 Å². The minimum Gasteiger partial charge on any atom is -0.308 e. The molecule has 26 heavy (non-hydrogen) atoms. The Morgan fingerprint density at radius 2 is 1.50 bits per heavy atom. The molecule has 4 aromatic rings. The molecule has 0 radical (unpaired) electrons. The summed E-state index contributed by atoms with van der Waals surface area (Å²) in [6.45, 7) is 4.67. The number of fused-ring (bicyclic) bond motifs is 4. The van der Waals surface area contributed by atoms with Crippen LogP contribution in [0.15, 0.2) is 72.9 Å². The number of aromatic nitrogens is 1. The smallest absolute Gasteiger partial charge is 0.0729 e. The summed E-state index contributed by atoms with van der Waals surface area (Å²) in [4.78, 5) is 7.07. The lowest BCUT2D eigenvalue weighted by Crippen LogP contribution is -2.32. The molecule has 0 spiro atoms. The Kier molecular flexibility index (Phi) is 2.45. The van der Waals surface area contributed by atoms with Gasteiger partial charge in [0.15, 0.2) is 0 Å². The summed E-state index contributed by atoms with van der Waals surface area (Å²) in [5, 5.41) is 1.24. The Labute approximate surface area is 152 Å². The van der Waals surface area contributed by atoms with Crippen LogP contribution in [0.5, 0.6) is 0 Å². The van der Waals surface area contributed by atoms with Crippen LogP contribution in [0.2, 0.25) is 0 Å². The SMILES string of the molecule is CC1(C)c2ccccc2N2c3c(cccc31)-c1cccc3nccc2c13. The molecule has 2 aliphatic heterocycles. The minimum atomic E-state index is -0.0309. The molecule has 6 rings (SSSR count). The van der Waals surface area contributed by atoms with Crippen LogP contribution < -0.4 is 4.90 Å². The van der Waals surface area contributed by atoms with Crippen LogP contribution in [0.25, 0.3) is 22.0 Å². The van der Waals surface area contributed by atoms with Crippen LogP contribution in [0.1, 0.15) is 25.0 Å². The maximum atomic E-state index is 4.62. The number of anilines is 3. The molecule has 0 saturated heterocycles. The molecule has 2 nitrogen and oxygen atoms in total. The Hall–Kier alpha value is -3.13. The quantitative estimate of drug-likeness (QED) is 0.329. The van der Waals surface area contributed by atoms with Crippen molar-refractivity contribution in [2.75, 3.05) is 4.90 Å². The first kappa shape index (κ1) is 14.1. The van der Waals surface area contributed by atoms with Gasteiger partial charge < -0.3 is 4.90 Å². The summed E-state index contributed by atoms with van der Waals surface area (Å²) in [5.74, 6) is 0.